The molecule has 5 nitrogen and oxygen atoms in total. The van der Waals surface area contributed by atoms with Gasteiger partial charge in [0.2, 0.25) is 10.0 Å². The maximum Gasteiger partial charge on any atom is 0.218 e. The molecular formula is C14H19N3O2S. The average molecular weight is 293 g/mol. The van der Waals surface area contributed by atoms with Crippen LogP contribution in [0.1, 0.15) is 18.1 Å². The smallest absolute Gasteiger partial charge is 0.218 e. The number of nitriles is 1. The predicted octanol–water partition coefficient (Wildman–Crippen LogP) is 1.02. The van der Waals surface area contributed by atoms with Gasteiger partial charge in [-0.05, 0) is 31.7 Å². The van der Waals surface area contributed by atoms with E-state index in [1.807, 2.05) is 20.0 Å². The van der Waals surface area contributed by atoms with Gasteiger partial charge in [-0.15, -0.1) is 0 Å². The zero-order chi connectivity index (χ0) is 14.8. The van der Waals surface area contributed by atoms with Crippen molar-refractivity contribution >= 4 is 10.0 Å². The summed E-state index contributed by atoms with van der Waals surface area (Å²) in [4.78, 5) is 2.14. The molecule has 20 heavy (non-hydrogen) atoms. The summed E-state index contributed by atoms with van der Waals surface area (Å²) in [6.07, 6.45) is 0. The topological polar surface area (TPSA) is 64.4 Å². The SMILES string of the molecule is CC1CN(C)CCN1S(=O)(=O)Cc1ccc(C#N)cc1. The van der Waals surface area contributed by atoms with Crippen molar-refractivity contribution in [3.63, 3.8) is 0 Å². The number of likely N-dealkylation sites (N-methyl/N-ethyl adjacent to an activating group) is 1. The molecule has 1 unspecified atom stereocenters. The van der Waals surface area contributed by atoms with Crippen molar-refractivity contribution in [3.05, 3.63) is 35.4 Å². The van der Waals surface area contributed by atoms with E-state index < -0.39 is 10.0 Å². The first-order chi connectivity index (χ1) is 9.42. The Balaban J connectivity index is 2.12. The Morgan fingerprint density at radius 2 is 1.95 bits per heavy atom. The lowest BCUT2D eigenvalue weighted by Crippen LogP contribution is -2.52. The molecule has 1 heterocycles. The number of benzene rings is 1. The molecular weight excluding hydrogens is 274 g/mol. The van der Waals surface area contributed by atoms with Gasteiger partial charge >= 0.3 is 0 Å². The van der Waals surface area contributed by atoms with Crippen molar-refractivity contribution in [1.29, 1.82) is 5.26 Å². The lowest BCUT2D eigenvalue weighted by molar-refractivity contribution is 0.170. The first-order valence-corrected chi connectivity index (χ1v) is 8.20. The molecule has 1 fully saturated rings. The second-order valence-electron chi connectivity index (χ2n) is 5.29. The molecule has 1 aliphatic rings. The fraction of sp³-hybridized carbons (Fsp3) is 0.500. The molecule has 1 saturated heterocycles. The van der Waals surface area contributed by atoms with E-state index in [2.05, 4.69) is 4.90 Å². The number of sulfonamides is 1. The highest BCUT2D eigenvalue weighted by atomic mass is 32.2. The van der Waals surface area contributed by atoms with Gasteiger partial charge in [-0.2, -0.15) is 9.57 Å². The summed E-state index contributed by atoms with van der Waals surface area (Å²) < 4.78 is 26.5. The second kappa shape index (κ2) is 5.92. The van der Waals surface area contributed by atoms with Gasteiger partial charge in [0.15, 0.2) is 0 Å². The molecule has 108 valence electrons. The molecule has 0 radical (unpaired) electrons. The molecule has 1 aromatic carbocycles. The Kier molecular flexibility index (Phi) is 4.43. The van der Waals surface area contributed by atoms with E-state index in [-0.39, 0.29) is 11.8 Å². The first-order valence-electron chi connectivity index (χ1n) is 6.59. The number of rotatable bonds is 3. The largest absolute Gasteiger partial charge is 0.303 e. The molecule has 0 amide bonds. The minimum absolute atomic E-state index is 0.00266. The molecule has 0 N–H and O–H groups in total. The molecule has 2 rings (SSSR count). The minimum Gasteiger partial charge on any atom is -0.303 e. The van der Waals surface area contributed by atoms with E-state index in [4.69, 9.17) is 5.26 Å². The molecule has 0 bridgehead atoms. The van der Waals surface area contributed by atoms with Gasteiger partial charge in [0, 0.05) is 25.7 Å². The highest BCUT2D eigenvalue weighted by Gasteiger charge is 2.31. The van der Waals surface area contributed by atoms with Gasteiger partial charge < -0.3 is 4.90 Å². The van der Waals surface area contributed by atoms with Crippen LogP contribution in [0.3, 0.4) is 0 Å². The molecule has 1 aliphatic heterocycles. The molecule has 0 spiro atoms. The molecule has 0 aliphatic carbocycles. The van der Waals surface area contributed by atoms with Crippen LogP contribution < -0.4 is 0 Å². The van der Waals surface area contributed by atoms with E-state index in [1.165, 1.54) is 0 Å². The van der Waals surface area contributed by atoms with Crippen LogP contribution in [0.4, 0.5) is 0 Å². The highest BCUT2D eigenvalue weighted by molar-refractivity contribution is 7.88. The fourth-order valence-corrected chi connectivity index (χ4v) is 4.26. The summed E-state index contributed by atoms with van der Waals surface area (Å²) in [6.45, 7) is 3.99. The molecule has 0 aromatic heterocycles. The third-order valence-corrected chi connectivity index (χ3v) is 5.51. The van der Waals surface area contributed by atoms with Gasteiger partial charge in [-0.1, -0.05) is 12.1 Å². The molecule has 6 heteroatoms. The number of nitrogens with zero attached hydrogens (tertiary/aromatic N) is 3. The Morgan fingerprint density at radius 1 is 1.30 bits per heavy atom. The maximum absolute atomic E-state index is 12.5. The van der Waals surface area contributed by atoms with Crippen LogP contribution in [-0.4, -0.2) is 50.3 Å². The summed E-state index contributed by atoms with van der Waals surface area (Å²) in [6, 6.07) is 8.74. The van der Waals surface area contributed by atoms with Crippen LogP contribution in [0.5, 0.6) is 0 Å². The normalized spacial score (nSPS) is 21.6. The Hall–Kier alpha value is -1.42. The lowest BCUT2D eigenvalue weighted by atomic mass is 10.2. The Bertz CT molecular complexity index is 604. The van der Waals surface area contributed by atoms with Crippen molar-refractivity contribution in [1.82, 2.24) is 9.21 Å². The van der Waals surface area contributed by atoms with Crippen molar-refractivity contribution in [3.8, 4) is 6.07 Å². The van der Waals surface area contributed by atoms with Crippen molar-refractivity contribution in [2.24, 2.45) is 0 Å². The highest BCUT2D eigenvalue weighted by Crippen LogP contribution is 2.17. The van der Waals surface area contributed by atoms with Crippen LogP contribution in [0.25, 0.3) is 0 Å². The number of hydrogen-bond acceptors (Lipinski definition) is 4. The summed E-state index contributed by atoms with van der Waals surface area (Å²) in [7, 11) is -1.30. The van der Waals surface area contributed by atoms with Gasteiger partial charge in [0.25, 0.3) is 0 Å². The third-order valence-electron chi connectivity index (χ3n) is 3.56. The van der Waals surface area contributed by atoms with Crippen LogP contribution in [0.2, 0.25) is 0 Å². The zero-order valence-electron chi connectivity index (χ0n) is 11.8. The van der Waals surface area contributed by atoms with Crippen molar-refractivity contribution in [2.45, 2.75) is 18.7 Å². The Morgan fingerprint density at radius 3 is 2.50 bits per heavy atom. The number of piperazine rings is 1. The van der Waals surface area contributed by atoms with E-state index in [9.17, 15) is 8.42 Å². The summed E-state index contributed by atoms with van der Waals surface area (Å²) in [5, 5.41) is 8.74. The molecule has 1 aromatic rings. The van der Waals surface area contributed by atoms with E-state index >= 15 is 0 Å². The predicted molar refractivity (Wildman–Crippen MR) is 77.4 cm³/mol. The monoisotopic (exact) mass is 293 g/mol. The van der Waals surface area contributed by atoms with Gasteiger partial charge in [-0.3, -0.25) is 0 Å². The second-order valence-corrected chi connectivity index (χ2v) is 7.21. The van der Waals surface area contributed by atoms with Gasteiger partial charge in [0.1, 0.15) is 0 Å². The van der Waals surface area contributed by atoms with Gasteiger partial charge in [0.05, 0.1) is 17.4 Å². The van der Waals surface area contributed by atoms with E-state index in [0.717, 1.165) is 18.7 Å². The van der Waals surface area contributed by atoms with Crippen LogP contribution in [0.15, 0.2) is 24.3 Å². The van der Waals surface area contributed by atoms with E-state index in [1.54, 1.807) is 28.6 Å². The van der Waals surface area contributed by atoms with Gasteiger partial charge in [-0.25, -0.2) is 8.42 Å². The maximum atomic E-state index is 12.5. The third kappa shape index (κ3) is 3.37. The lowest BCUT2D eigenvalue weighted by Gasteiger charge is -2.37. The number of hydrogen-bond donors (Lipinski definition) is 0. The summed E-state index contributed by atoms with van der Waals surface area (Å²) in [5.41, 5.74) is 1.26. The Labute approximate surface area is 120 Å². The minimum atomic E-state index is -3.30. The summed E-state index contributed by atoms with van der Waals surface area (Å²) >= 11 is 0. The van der Waals surface area contributed by atoms with Crippen LogP contribution >= 0.6 is 0 Å². The first kappa shape index (κ1) is 15.0. The van der Waals surface area contributed by atoms with Crippen molar-refractivity contribution in [2.75, 3.05) is 26.7 Å². The van der Waals surface area contributed by atoms with Crippen LogP contribution in [0, 0.1) is 11.3 Å². The standard InChI is InChI=1S/C14H19N3O2S/c1-12-10-16(2)7-8-17(12)20(18,19)11-14-5-3-13(9-15)4-6-14/h3-6,12H,7-8,10-11H2,1-2H3. The molecule has 0 saturated carbocycles. The quantitative estimate of drug-likeness (QED) is 0.835. The van der Waals surface area contributed by atoms with Crippen molar-refractivity contribution < 1.29 is 8.42 Å². The van der Waals surface area contributed by atoms with E-state index in [0.29, 0.717) is 12.1 Å². The fourth-order valence-electron chi connectivity index (χ4n) is 2.51. The average Bonchev–Trinajstić information content (AvgIpc) is 2.38. The zero-order valence-corrected chi connectivity index (χ0v) is 12.6. The van der Waals surface area contributed by atoms with Crippen LogP contribution in [-0.2, 0) is 15.8 Å². The molecule has 1 atom stereocenters. The summed E-state index contributed by atoms with van der Waals surface area (Å²) in [5.74, 6) is -0.00718.